The predicted octanol–water partition coefficient (Wildman–Crippen LogP) is 5.03. The molecule has 0 spiro atoms. The molecule has 0 aromatic heterocycles. The average Bonchev–Trinajstić information content (AvgIpc) is 2.39. The Morgan fingerprint density at radius 2 is 1.63 bits per heavy atom. The molecule has 0 fully saturated rings. The maximum absolute atomic E-state index is 11.5. The van der Waals surface area contributed by atoms with Gasteiger partial charge in [0.1, 0.15) is 0 Å². The Morgan fingerprint density at radius 1 is 1.00 bits per heavy atom. The van der Waals surface area contributed by atoms with Gasteiger partial charge < -0.3 is 4.74 Å². The third-order valence-corrected chi connectivity index (χ3v) is 3.80. The van der Waals surface area contributed by atoms with E-state index in [2.05, 4.69) is 19.1 Å². The quantitative estimate of drug-likeness (QED) is 0.454. The molecule has 0 amide bonds. The van der Waals surface area contributed by atoms with Gasteiger partial charge in [-0.2, -0.15) is 0 Å². The molecule has 0 saturated heterocycles. The molecule has 1 aliphatic heterocycles. The lowest BCUT2D eigenvalue weighted by Crippen LogP contribution is -2.07. The number of allylic oxidation sites excluding steroid dienone is 2. The van der Waals surface area contributed by atoms with Gasteiger partial charge in [-0.1, -0.05) is 57.6 Å². The zero-order chi connectivity index (χ0) is 13.8. The van der Waals surface area contributed by atoms with E-state index in [0.29, 0.717) is 18.9 Å². The van der Waals surface area contributed by atoms with Gasteiger partial charge in [-0.25, -0.2) is 0 Å². The molecule has 0 aromatic rings. The highest BCUT2D eigenvalue weighted by Crippen LogP contribution is 2.13. The molecule has 0 bridgehead atoms. The monoisotopic (exact) mass is 266 g/mol. The summed E-state index contributed by atoms with van der Waals surface area (Å²) in [6.45, 7) is 2.77. The van der Waals surface area contributed by atoms with Crippen molar-refractivity contribution in [2.24, 2.45) is 5.92 Å². The second-order valence-corrected chi connectivity index (χ2v) is 5.78. The van der Waals surface area contributed by atoms with Gasteiger partial charge >= 0.3 is 5.97 Å². The molecule has 1 aliphatic rings. The van der Waals surface area contributed by atoms with Crippen LogP contribution in [-0.4, -0.2) is 12.6 Å². The summed E-state index contributed by atoms with van der Waals surface area (Å²) in [6, 6.07) is 0. The van der Waals surface area contributed by atoms with Crippen LogP contribution in [0, 0.1) is 5.92 Å². The maximum atomic E-state index is 11.5. The molecule has 1 heterocycles. The van der Waals surface area contributed by atoms with E-state index < -0.39 is 0 Å². The molecule has 1 atom stereocenters. The minimum absolute atomic E-state index is 0.0134. The van der Waals surface area contributed by atoms with E-state index in [1.807, 2.05) is 0 Å². The Labute approximate surface area is 118 Å². The number of ether oxygens (including phenoxy) is 1. The van der Waals surface area contributed by atoms with Crippen molar-refractivity contribution < 1.29 is 9.53 Å². The molecule has 2 nitrogen and oxygen atoms in total. The van der Waals surface area contributed by atoms with Crippen molar-refractivity contribution in [1.82, 2.24) is 0 Å². The van der Waals surface area contributed by atoms with Crippen LogP contribution in [0.3, 0.4) is 0 Å². The summed E-state index contributed by atoms with van der Waals surface area (Å²) in [7, 11) is 0. The van der Waals surface area contributed by atoms with E-state index in [4.69, 9.17) is 4.74 Å². The molecule has 0 aliphatic carbocycles. The molecular formula is C17H30O2. The second-order valence-electron chi connectivity index (χ2n) is 5.78. The van der Waals surface area contributed by atoms with Crippen LogP contribution < -0.4 is 0 Å². The van der Waals surface area contributed by atoms with E-state index in [1.54, 1.807) is 0 Å². The zero-order valence-corrected chi connectivity index (χ0v) is 12.5. The van der Waals surface area contributed by atoms with Gasteiger partial charge in [0.15, 0.2) is 0 Å². The molecule has 110 valence electrons. The Morgan fingerprint density at radius 3 is 2.37 bits per heavy atom. The first kappa shape index (κ1) is 16.3. The van der Waals surface area contributed by atoms with Gasteiger partial charge in [0.25, 0.3) is 0 Å². The van der Waals surface area contributed by atoms with Crippen molar-refractivity contribution in [3.05, 3.63) is 12.2 Å². The van der Waals surface area contributed by atoms with Crippen LogP contribution in [0.1, 0.15) is 77.6 Å². The topological polar surface area (TPSA) is 26.3 Å². The number of esters is 1. The first-order chi connectivity index (χ1) is 9.29. The molecule has 0 radical (unpaired) electrons. The third-order valence-electron chi connectivity index (χ3n) is 3.80. The van der Waals surface area contributed by atoms with E-state index >= 15 is 0 Å². The van der Waals surface area contributed by atoms with Crippen molar-refractivity contribution in [2.75, 3.05) is 6.61 Å². The van der Waals surface area contributed by atoms with E-state index in [1.165, 1.54) is 51.4 Å². The van der Waals surface area contributed by atoms with Crippen molar-refractivity contribution >= 4 is 5.97 Å². The Balaban J connectivity index is 2.27. The van der Waals surface area contributed by atoms with Gasteiger partial charge in [-0.05, 0) is 31.6 Å². The van der Waals surface area contributed by atoms with Crippen LogP contribution in [0.4, 0.5) is 0 Å². The van der Waals surface area contributed by atoms with Crippen molar-refractivity contribution in [1.29, 1.82) is 0 Å². The molecule has 1 unspecified atom stereocenters. The minimum Gasteiger partial charge on any atom is -0.466 e. The lowest BCUT2D eigenvalue weighted by molar-refractivity contribution is -0.144. The first-order valence-corrected chi connectivity index (χ1v) is 8.11. The average molecular weight is 266 g/mol. The fourth-order valence-corrected chi connectivity index (χ4v) is 2.45. The second kappa shape index (κ2) is 11.1. The maximum Gasteiger partial charge on any atom is 0.305 e. The van der Waals surface area contributed by atoms with Crippen LogP contribution in [0.25, 0.3) is 0 Å². The van der Waals surface area contributed by atoms with Crippen LogP contribution in [0.2, 0.25) is 0 Å². The SMILES string of the molecule is CC1/C=C\CCCCCCCCCCC(=O)OCC1. The summed E-state index contributed by atoms with van der Waals surface area (Å²) in [5.41, 5.74) is 0. The van der Waals surface area contributed by atoms with Gasteiger partial charge in [-0.15, -0.1) is 0 Å². The summed E-state index contributed by atoms with van der Waals surface area (Å²) in [5, 5.41) is 0. The van der Waals surface area contributed by atoms with Crippen molar-refractivity contribution in [3.63, 3.8) is 0 Å². The number of hydrogen-bond donors (Lipinski definition) is 0. The first-order valence-electron chi connectivity index (χ1n) is 8.11. The highest BCUT2D eigenvalue weighted by molar-refractivity contribution is 5.69. The molecular weight excluding hydrogens is 236 g/mol. The van der Waals surface area contributed by atoms with Crippen LogP contribution in [-0.2, 0) is 9.53 Å². The van der Waals surface area contributed by atoms with E-state index in [0.717, 1.165) is 12.8 Å². The lowest BCUT2D eigenvalue weighted by Gasteiger charge is -2.07. The molecule has 1 rings (SSSR count). The van der Waals surface area contributed by atoms with Crippen LogP contribution >= 0.6 is 0 Å². The summed E-state index contributed by atoms with van der Waals surface area (Å²) in [5.74, 6) is 0.504. The fourth-order valence-electron chi connectivity index (χ4n) is 2.45. The van der Waals surface area contributed by atoms with Crippen molar-refractivity contribution in [2.45, 2.75) is 77.6 Å². The predicted molar refractivity (Wildman–Crippen MR) is 80.1 cm³/mol. The highest BCUT2D eigenvalue weighted by Gasteiger charge is 2.04. The highest BCUT2D eigenvalue weighted by atomic mass is 16.5. The number of carbonyl (C=O) groups excluding carboxylic acids is 1. The molecule has 2 heteroatoms. The Kier molecular flexibility index (Phi) is 9.48. The van der Waals surface area contributed by atoms with Crippen LogP contribution in [0.5, 0.6) is 0 Å². The van der Waals surface area contributed by atoms with E-state index in [9.17, 15) is 4.79 Å². The summed E-state index contributed by atoms with van der Waals surface area (Å²) in [6.07, 6.45) is 17.5. The molecule has 0 saturated carbocycles. The van der Waals surface area contributed by atoms with E-state index in [-0.39, 0.29) is 5.97 Å². The lowest BCUT2D eigenvalue weighted by atomic mass is 10.1. The zero-order valence-electron chi connectivity index (χ0n) is 12.5. The standard InChI is InChI=1S/C17H30O2/c1-16-12-10-8-6-4-2-3-5-7-9-11-13-17(18)19-15-14-16/h10,12,16H,2-9,11,13-15H2,1H3/b12-10-. The smallest absolute Gasteiger partial charge is 0.305 e. The number of cyclic esters (lactones) is 1. The Hall–Kier alpha value is -0.790. The molecule has 0 aromatic carbocycles. The van der Waals surface area contributed by atoms with Gasteiger partial charge in [0.05, 0.1) is 6.61 Å². The number of hydrogen-bond acceptors (Lipinski definition) is 2. The number of carbonyl (C=O) groups is 1. The van der Waals surface area contributed by atoms with Gasteiger partial charge in [0, 0.05) is 6.42 Å². The fraction of sp³-hybridized carbons (Fsp3) is 0.824. The van der Waals surface area contributed by atoms with Gasteiger partial charge in [0.2, 0.25) is 0 Å². The number of rotatable bonds is 0. The normalized spacial score (nSPS) is 27.2. The minimum atomic E-state index is -0.0134. The van der Waals surface area contributed by atoms with Gasteiger partial charge in [-0.3, -0.25) is 4.79 Å². The summed E-state index contributed by atoms with van der Waals surface area (Å²) in [4.78, 5) is 11.5. The summed E-state index contributed by atoms with van der Waals surface area (Å²) < 4.78 is 5.27. The third kappa shape index (κ3) is 9.75. The van der Waals surface area contributed by atoms with Crippen molar-refractivity contribution in [3.8, 4) is 0 Å². The Bertz CT molecular complexity index is 258. The molecule has 19 heavy (non-hydrogen) atoms. The largest absolute Gasteiger partial charge is 0.466 e. The van der Waals surface area contributed by atoms with Crippen LogP contribution in [0.15, 0.2) is 12.2 Å². The molecule has 0 N–H and O–H groups in total. The summed E-state index contributed by atoms with van der Waals surface area (Å²) >= 11 is 0.